The molecule has 1 fully saturated rings. The lowest BCUT2D eigenvalue weighted by molar-refractivity contribution is -0.0298. The quantitative estimate of drug-likeness (QED) is 0.773. The molecule has 0 radical (unpaired) electrons. The van der Waals surface area contributed by atoms with Gasteiger partial charge in [-0.05, 0) is 39.8 Å². The Morgan fingerprint density at radius 2 is 1.80 bits per heavy atom. The van der Waals surface area contributed by atoms with Gasteiger partial charge in [0.05, 0.1) is 11.6 Å². The van der Waals surface area contributed by atoms with Crippen LogP contribution in [0.2, 0.25) is 0 Å². The molecule has 0 aromatic rings. The molecule has 1 heterocycles. The number of likely N-dealkylation sites (tertiary alicyclic amines) is 1. The lowest BCUT2D eigenvalue weighted by atomic mass is 9.93. The van der Waals surface area contributed by atoms with E-state index in [-0.39, 0.29) is 11.6 Å². The SMILES string of the molecule is COC(C)C(C)(CN)N1CCCCCC1. The first-order valence-corrected chi connectivity index (χ1v) is 6.13. The van der Waals surface area contributed by atoms with E-state index in [9.17, 15) is 0 Å². The van der Waals surface area contributed by atoms with Gasteiger partial charge in [-0.15, -0.1) is 0 Å². The second kappa shape index (κ2) is 5.83. The molecule has 90 valence electrons. The summed E-state index contributed by atoms with van der Waals surface area (Å²) in [5, 5.41) is 0. The smallest absolute Gasteiger partial charge is 0.0736 e. The van der Waals surface area contributed by atoms with Gasteiger partial charge in [-0.2, -0.15) is 0 Å². The van der Waals surface area contributed by atoms with Crippen molar-refractivity contribution in [2.75, 3.05) is 26.7 Å². The van der Waals surface area contributed by atoms with Crippen LogP contribution in [0.25, 0.3) is 0 Å². The number of hydrogen-bond acceptors (Lipinski definition) is 3. The van der Waals surface area contributed by atoms with E-state index in [2.05, 4.69) is 18.7 Å². The zero-order chi connectivity index (χ0) is 11.3. The number of hydrogen-bond donors (Lipinski definition) is 1. The summed E-state index contributed by atoms with van der Waals surface area (Å²) in [6.07, 6.45) is 5.51. The van der Waals surface area contributed by atoms with Crippen LogP contribution < -0.4 is 5.73 Å². The van der Waals surface area contributed by atoms with Crippen LogP contribution in [0.4, 0.5) is 0 Å². The van der Waals surface area contributed by atoms with Crippen molar-refractivity contribution in [1.29, 1.82) is 0 Å². The first-order chi connectivity index (χ1) is 7.15. The molecule has 0 saturated carbocycles. The molecule has 15 heavy (non-hydrogen) atoms. The normalized spacial score (nSPS) is 25.6. The van der Waals surface area contributed by atoms with E-state index < -0.39 is 0 Å². The molecule has 2 atom stereocenters. The van der Waals surface area contributed by atoms with E-state index in [1.54, 1.807) is 7.11 Å². The Labute approximate surface area is 94.0 Å². The Morgan fingerprint density at radius 3 is 2.20 bits per heavy atom. The van der Waals surface area contributed by atoms with Crippen LogP contribution in [0.1, 0.15) is 39.5 Å². The minimum atomic E-state index is -0.000903. The molecule has 1 aliphatic heterocycles. The highest BCUT2D eigenvalue weighted by Crippen LogP contribution is 2.24. The summed E-state index contributed by atoms with van der Waals surface area (Å²) in [6.45, 7) is 7.36. The van der Waals surface area contributed by atoms with E-state index in [1.807, 2.05) is 0 Å². The molecule has 2 unspecified atom stereocenters. The number of methoxy groups -OCH3 is 1. The van der Waals surface area contributed by atoms with Gasteiger partial charge in [0.2, 0.25) is 0 Å². The Kier molecular flexibility index (Phi) is 5.03. The van der Waals surface area contributed by atoms with Gasteiger partial charge in [-0.3, -0.25) is 4.90 Å². The molecule has 1 rings (SSSR count). The molecule has 0 bridgehead atoms. The minimum Gasteiger partial charge on any atom is -0.380 e. The van der Waals surface area contributed by atoms with Crippen LogP contribution in [0, 0.1) is 0 Å². The van der Waals surface area contributed by atoms with Crippen LogP contribution >= 0.6 is 0 Å². The van der Waals surface area contributed by atoms with Crippen LogP contribution in [0.3, 0.4) is 0 Å². The number of nitrogens with zero attached hydrogens (tertiary/aromatic N) is 1. The summed E-state index contributed by atoms with van der Waals surface area (Å²) in [5.74, 6) is 0. The molecule has 0 amide bonds. The fourth-order valence-electron chi connectivity index (χ4n) is 2.39. The lowest BCUT2D eigenvalue weighted by Crippen LogP contribution is -2.59. The van der Waals surface area contributed by atoms with Crippen molar-refractivity contribution in [3.05, 3.63) is 0 Å². The van der Waals surface area contributed by atoms with Crippen LogP contribution in [-0.2, 0) is 4.74 Å². The van der Waals surface area contributed by atoms with E-state index in [0.29, 0.717) is 6.54 Å². The molecule has 0 aliphatic carbocycles. The van der Waals surface area contributed by atoms with E-state index in [0.717, 1.165) is 0 Å². The third-order valence-electron chi connectivity index (χ3n) is 3.97. The fraction of sp³-hybridized carbons (Fsp3) is 1.00. The first kappa shape index (κ1) is 12.9. The van der Waals surface area contributed by atoms with Gasteiger partial charge in [0, 0.05) is 13.7 Å². The van der Waals surface area contributed by atoms with Crippen molar-refractivity contribution in [2.24, 2.45) is 5.73 Å². The Balaban J connectivity index is 2.69. The summed E-state index contributed by atoms with van der Waals surface area (Å²) >= 11 is 0. The second-order valence-electron chi connectivity index (χ2n) is 4.84. The van der Waals surface area contributed by atoms with Crippen molar-refractivity contribution < 1.29 is 4.74 Å². The highest BCUT2D eigenvalue weighted by molar-refractivity contribution is 4.93. The van der Waals surface area contributed by atoms with Crippen LogP contribution in [0.15, 0.2) is 0 Å². The Morgan fingerprint density at radius 1 is 1.27 bits per heavy atom. The molecule has 3 heteroatoms. The third kappa shape index (κ3) is 2.92. The van der Waals surface area contributed by atoms with E-state index in [4.69, 9.17) is 10.5 Å². The molecule has 0 aromatic carbocycles. The minimum absolute atomic E-state index is 0.000903. The largest absolute Gasteiger partial charge is 0.380 e. The second-order valence-corrected chi connectivity index (χ2v) is 4.84. The lowest BCUT2D eigenvalue weighted by Gasteiger charge is -2.43. The van der Waals surface area contributed by atoms with E-state index >= 15 is 0 Å². The van der Waals surface area contributed by atoms with Gasteiger partial charge in [0.1, 0.15) is 0 Å². The topological polar surface area (TPSA) is 38.5 Å². The average molecular weight is 214 g/mol. The number of nitrogens with two attached hydrogens (primary N) is 1. The molecule has 2 N–H and O–H groups in total. The summed E-state index contributed by atoms with van der Waals surface area (Å²) in [7, 11) is 1.77. The molecule has 1 saturated heterocycles. The highest BCUT2D eigenvalue weighted by atomic mass is 16.5. The summed E-state index contributed by atoms with van der Waals surface area (Å²) in [5.41, 5.74) is 5.94. The maximum atomic E-state index is 5.94. The van der Waals surface area contributed by atoms with Gasteiger partial charge in [-0.1, -0.05) is 12.8 Å². The van der Waals surface area contributed by atoms with Crippen LogP contribution in [-0.4, -0.2) is 43.3 Å². The Hall–Kier alpha value is -0.120. The maximum absolute atomic E-state index is 5.94. The zero-order valence-electron chi connectivity index (χ0n) is 10.5. The predicted octanol–water partition coefficient (Wildman–Crippen LogP) is 1.61. The monoisotopic (exact) mass is 214 g/mol. The summed E-state index contributed by atoms with van der Waals surface area (Å²) in [6, 6.07) is 0. The van der Waals surface area contributed by atoms with E-state index in [1.165, 1.54) is 38.8 Å². The fourth-order valence-corrected chi connectivity index (χ4v) is 2.39. The highest BCUT2D eigenvalue weighted by Gasteiger charge is 2.36. The number of ether oxygens (including phenoxy) is 1. The standard InChI is InChI=1S/C12H26N2O/c1-11(15-3)12(2,10-13)14-8-6-4-5-7-9-14/h11H,4-10,13H2,1-3H3. The van der Waals surface area contributed by atoms with Gasteiger partial charge in [0.15, 0.2) is 0 Å². The summed E-state index contributed by atoms with van der Waals surface area (Å²) < 4.78 is 5.48. The van der Waals surface area contributed by atoms with Crippen LogP contribution in [0.5, 0.6) is 0 Å². The summed E-state index contributed by atoms with van der Waals surface area (Å²) in [4.78, 5) is 2.52. The van der Waals surface area contributed by atoms with Crippen molar-refractivity contribution in [1.82, 2.24) is 4.90 Å². The Bertz CT molecular complexity index is 178. The van der Waals surface area contributed by atoms with Crippen molar-refractivity contribution in [2.45, 2.75) is 51.2 Å². The van der Waals surface area contributed by atoms with Crippen molar-refractivity contribution >= 4 is 0 Å². The van der Waals surface area contributed by atoms with Gasteiger partial charge < -0.3 is 10.5 Å². The average Bonchev–Trinajstić information content (AvgIpc) is 2.55. The molecular weight excluding hydrogens is 188 g/mol. The number of rotatable bonds is 4. The van der Waals surface area contributed by atoms with Gasteiger partial charge >= 0.3 is 0 Å². The molecule has 0 spiro atoms. The molecular formula is C12H26N2O. The van der Waals surface area contributed by atoms with Crippen molar-refractivity contribution in [3.63, 3.8) is 0 Å². The predicted molar refractivity (Wildman–Crippen MR) is 64.0 cm³/mol. The molecule has 0 aromatic heterocycles. The van der Waals surface area contributed by atoms with Gasteiger partial charge in [-0.25, -0.2) is 0 Å². The molecule has 1 aliphatic rings. The zero-order valence-corrected chi connectivity index (χ0v) is 10.5. The van der Waals surface area contributed by atoms with Gasteiger partial charge in [0.25, 0.3) is 0 Å². The molecule has 3 nitrogen and oxygen atoms in total. The third-order valence-corrected chi connectivity index (χ3v) is 3.97. The first-order valence-electron chi connectivity index (χ1n) is 6.13. The van der Waals surface area contributed by atoms with Crippen molar-refractivity contribution in [3.8, 4) is 0 Å². The maximum Gasteiger partial charge on any atom is 0.0736 e.